The molecule has 0 heterocycles. The van der Waals surface area contributed by atoms with E-state index < -0.39 is 0 Å². The second-order valence-electron chi connectivity index (χ2n) is 10.4. The Labute approximate surface area is 249 Å². The molecule has 0 saturated carbocycles. The maximum atomic E-state index is 8.75. The van der Waals surface area contributed by atoms with Crippen molar-refractivity contribution in [2.75, 3.05) is 26.4 Å². The Kier molecular flexibility index (Phi) is 55.8. The van der Waals surface area contributed by atoms with Crippen LogP contribution in [-0.4, -0.2) is 46.9 Å². The zero-order chi connectivity index (χ0) is 28.5. The van der Waals surface area contributed by atoms with Crippen molar-refractivity contribution < 1.29 is 42.1 Å². The zero-order valence-electron chi connectivity index (χ0n) is 26.7. The molecule has 0 aromatic rings. The van der Waals surface area contributed by atoms with E-state index in [0.29, 0.717) is 50.1 Å². The van der Waals surface area contributed by atoms with E-state index in [0.717, 1.165) is 25.7 Å². The van der Waals surface area contributed by atoms with Gasteiger partial charge in [0.2, 0.25) is 0 Å². The van der Waals surface area contributed by atoms with Gasteiger partial charge in [-0.15, -0.1) is 0 Å². The van der Waals surface area contributed by atoms with E-state index >= 15 is 0 Å². The Hall–Kier alpha value is 0.554. The molecule has 0 saturated heterocycles. The molecule has 0 aliphatic carbocycles. The van der Waals surface area contributed by atoms with Gasteiger partial charge in [0.05, 0.1) is 0 Å². The smallest absolute Gasteiger partial charge is 0.0459 e. The molecule has 228 valence electrons. The molecule has 0 bridgehead atoms. The fourth-order valence-corrected chi connectivity index (χ4v) is 3.67. The van der Waals surface area contributed by atoms with Crippen LogP contribution in [0.5, 0.6) is 0 Å². The van der Waals surface area contributed by atoms with Crippen molar-refractivity contribution in [3.63, 3.8) is 0 Å². The quantitative estimate of drug-likeness (QED) is 0.111. The van der Waals surface area contributed by atoms with Crippen molar-refractivity contribution in [2.24, 2.45) is 23.7 Å². The summed E-state index contributed by atoms with van der Waals surface area (Å²) in [7, 11) is 0. The van der Waals surface area contributed by atoms with Crippen molar-refractivity contribution in [2.45, 2.75) is 158 Å². The maximum Gasteiger partial charge on any atom is 0.0459 e. The predicted molar refractivity (Wildman–Crippen MR) is 162 cm³/mol. The molecule has 0 aromatic carbocycles. The van der Waals surface area contributed by atoms with E-state index in [2.05, 4.69) is 55.4 Å². The summed E-state index contributed by atoms with van der Waals surface area (Å²) in [5.74, 6) is 2.24. The molecule has 37 heavy (non-hydrogen) atoms. The van der Waals surface area contributed by atoms with Gasteiger partial charge in [0.1, 0.15) is 0 Å². The molecule has 4 nitrogen and oxygen atoms in total. The van der Waals surface area contributed by atoms with Crippen LogP contribution < -0.4 is 0 Å². The van der Waals surface area contributed by atoms with Crippen LogP contribution in [0.3, 0.4) is 0 Å². The minimum Gasteiger partial charge on any atom is -0.396 e. The van der Waals surface area contributed by atoms with Gasteiger partial charge in [0.25, 0.3) is 0 Å². The molecular weight excluding hydrogens is 496 g/mol. The SMILES string of the molecule is CCCCC(CC)CO.CCCCC(CC)CO.CCCCC(CC)CO.CCCCC(CC)CO.[Ti]. The van der Waals surface area contributed by atoms with Crippen LogP contribution in [0.1, 0.15) is 158 Å². The van der Waals surface area contributed by atoms with Crippen molar-refractivity contribution in [1.29, 1.82) is 0 Å². The Morgan fingerprint density at radius 3 is 0.595 bits per heavy atom. The standard InChI is InChI=1S/4C8H18O.Ti/c4*1-3-5-6-8(4-2)7-9;/h4*8-9H,3-7H2,1-2H3;. The summed E-state index contributed by atoms with van der Waals surface area (Å²) >= 11 is 0. The summed E-state index contributed by atoms with van der Waals surface area (Å²) in [4.78, 5) is 0. The monoisotopic (exact) mass is 568 g/mol. The first-order valence-corrected chi connectivity index (χ1v) is 15.8. The summed E-state index contributed by atoms with van der Waals surface area (Å²) in [5.41, 5.74) is 0. The molecule has 0 spiro atoms. The van der Waals surface area contributed by atoms with E-state index in [9.17, 15) is 0 Å². The van der Waals surface area contributed by atoms with Gasteiger partial charge in [0.15, 0.2) is 0 Å². The molecule has 0 aliphatic heterocycles. The van der Waals surface area contributed by atoms with Crippen molar-refractivity contribution in [3.8, 4) is 0 Å². The summed E-state index contributed by atoms with van der Waals surface area (Å²) in [6, 6.07) is 0. The third kappa shape index (κ3) is 41.2. The first-order valence-electron chi connectivity index (χ1n) is 15.8. The molecule has 0 aromatic heterocycles. The molecule has 0 aliphatic rings. The summed E-state index contributed by atoms with van der Waals surface area (Å²) < 4.78 is 0. The van der Waals surface area contributed by atoms with Crippen LogP contribution >= 0.6 is 0 Å². The predicted octanol–water partition coefficient (Wildman–Crippen LogP) is 8.78. The molecule has 0 rings (SSSR count). The van der Waals surface area contributed by atoms with E-state index in [1.54, 1.807) is 0 Å². The fraction of sp³-hybridized carbons (Fsp3) is 1.00. The number of hydrogen-bond acceptors (Lipinski definition) is 4. The first kappa shape index (κ1) is 47.3. The zero-order valence-corrected chi connectivity index (χ0v) is 28.3. The molecule has 4 unspecified atom stereocenters. The summed E-state index contributed by atoms with van der Waals surface area (Å²) in [6.45, 7) is 18.8. The number of aliphatic hydroxyl groups excluding tert-OH is 4. The van der Waals surface area contributed by atoms with Gasteiger partial charge >= 0.3 is 0 Å². The average Bonchev–Trinajstić information content (AvgIpc) is 2.92. The van der Waals surface area contributed by atoms with Crippen LogP contribution in [0.15, 0.2) is 0 Å². The number of aliphatic hydroxyl groups is 4. The minimum absolute atomic E-state index is 0. The van der Waals surface area contributed by atoms with Crippen molar-refractivity contribution >= 4 is 0 Å². The maximum absolute atomic E-state index is 8.75. The molecule has 5 heteroatoms. The Balaban J connectivity index is -0.000000122. The third-order valence-corrected chi connectivity index (χ3v) is 7.21. The van der Waals surface area contributed by atoms with E-state index in [1.807, 2.05) is 0 Å². The first-order chi connectivity index (χ1) is 17.4. The third-order valence-electron chi connectivity index (χ3n) is 7.21. The van der Waals surface area contributed by atoms with Crippen LogP contribution in [0, 0.1) is 23.7 Å². The second-order valence-corrected chi connectivity index (χ2v) is 10.4. The van der Waals surface area contributed by atoms with Crippen molar-refractivity contribution in [3.05, 3.63) is 0 Å². The molecule has 0 amide bonds. The second kappa shape index (κ2) is 43.6. The van der Waals surface area contributed by atoms with Gasteiger partial charge in [-0.1, -0.05) is 132 Å². The van der Waals surface area contributed by atoms with Gasteiger partial charge in [-0.3, -0.25) is 0 Å². The van der Waals surface area contributed by atoms with E-state index in [1.165, 1.54) is 77.0 Å². The van der Waals surface area contributed by atoms with Gasteiger partial charge in [0, 0.05) is 48.1 Å². The van der Waals surface area contributed by atoms with E-state index in [-0.39, 0.29) is 21.7 Å². The number of hydrogen-bond donors (Lipinski definition) is 4. The van der Waals surface area contributed by atoms with Gasteiger partial charge in [-0.2, -0.15) is 0 Å². The van der Waals surface area contributed by atoms with Crippen LogP contribution in [0.2, 0.25) is 0 Å². The van der Waals surface area contributed by atoms with Gasteiger partial charge in [-0.05, 0) is 49.4 Å². The molecule has 0 radical (unpaired) electrons. The molecule has 4 N–H and O–H groups in total. The summed E-state index contributed by atoms with van der Waals surface area (Å²) in [5, 5.41) is 35.0. The molecule has 4 atom stereocenters. The van der Waals surface area contributed by atoms with Crippen LogP contribution in [-0.2, 0) is 21.7 Å². The Morgan fingerprint density at radius 2 is 0.514 bits per heavy atom. The number of unbranched alkanes of at least 4 members (excludes halogenated alkanes) is 4. The minimum atomic E-state index is 0. The molecular formula is C32H72O4Ti. The average molecular weight is 569 g/mol. The Bertz CT molecular complexity index is 265. The fourth-order valence-electron chi connectivity index (χ4n) is 3.67. The topological polar surface area (TPSA) is 80.9 Å². The molecule has 0 fully saturated rings. The summed E-state index contributed by atoms with van der Waals surface area (Å²) in [6.07, 6.45) is 19.3. The van der Waals surface area contributed by atoms with Gasteiger partial charge in [-0.25, -0.2) is 0 Å². The van der Waals surface area contributed by atoms with Crippen LogP contribution in [0.4, 0.5) is 0 Å². The Morgan fingerprint density at radius 1 is 0.351 bits per heavy atom. The van der Waals surface area contributed by atoms with Crippen LogP contribution in [0.25, 0.3) is 0 Å². The van der Waals surface area contributed by atoms with E-state index in [4.69, 9.17) is 20.4 Å². The number of rotatable bonds is 20. The normalized spacial score (nSPS) is 13.3. The van der Waals surface area contributed by atoms with Crippen molar-refractivity contribution in [1.82, 2.24) is 0 Å². The largest absolute Gasteiger partial charge is 0.396 e. The van der Waals surface area contributed by atoms with Gasteiger partial charge < -0.3 is 20.4 Å².